The molecule has 2 aromatic heterocycles. The van der Waals surface area contributed by atoms with Gasteiger partial charge in [-0.2, -0.15) is 9.78 Å². The van der Waals surface area contributed by atoms with Gasteiger partial charge in [-0.25, -0.2) is 0 Å². The molecular formula is C18H15Cl2N5O2. The van der Waals surface area contributed by atoms with Crippen LogP contribution in [0, 0.1) is 6.92 Å². The van der Waals surface area contributed by atoms with Crippen LogP contribution in [-0.4, -0.2) is 33.0 Å². The van der Waals surface area contributed by atoms with E-state index in [1.807, 2.05) is 13.0 Å². The molecule has 0 unspecified atom stereocenters. The number of fused-ring (bicyclic) bond motifs is 1. The maximum Gasteiger partial charge on any atom is 0.233 e. The number of aryl methyl sites for hydroxylation is 1. The third kappa shape index (κ3) is 3.13. The number of halogens is 2. The number of aromatic nitrogens is 4. The van der Waals surface area contributed by atoms with Crippen LogP contribution < -0.4 is 10.1 Å². The van der Waals surface area contributed by atoms with Crippen molar-refractivity contribution in [3.05, 3.63) is 57.2 Å². The van der Waals surface area contributed by atoms with Crippen LogP contribution >= 0.6 is 23.2 Å². The molecule has 0 radical (unpaired) electrons. The second-order valence-corrected chi connectivity index (χ2v) is 7.01. The number of ether oxygens (including phenoxy) is 1. The Bertz CT molecular complexity index is 1030. The number of amides is 1. The lowest BCUT2D eigenvalue weighted by Gasteiger charge is -2.25. The maximum atomic E-state index is 12.4. The van der Waals surface area contributed by atoms with Crippen LogP contribution in [0.4, 0.5) is 5.82 Å². The smallest absolute Gasteiger partial charge is 0.233 e. The molecule has 1 aliphatic heterocycles. The van der Waals surface area contributed by atoms with Gasteiger partial charge in [0.1, 0.15) is 5.82 Å². The van der Waals surface area contributed by atoms with E-state index in [0.717, 1.165) is 16.8 Å². The van der Waals surface area contributed by atoms with E-state index in [9.17, 15) is 4.79 Å². The van der Waals surface area contributed by atoms with E-state index in [1.165, 1.54) is 7.11 Å². The molecule has 0 bridgehead atoms. The normalized spacial score (nSPS) is 16.0. The van der Waals surface area contributed by atoms with Crippen molar-refractivity contribution < 1.29 is 9.53 Å². The van der Waals surface area contributed by atoms with Gasteiger partial charge in [-0.3, -0.25) is 4.79 Å². The highest BCUT2D eigenvalue weighted by Gasteiger charge is 2.34. The zero-order chi connectivity index (χ0) is 19.1. The van der Waals surface area contributed by atoms with Crippen LogP contribution in [0.1, 0.15) is 29.2 Å². The number of carbonyl (C=O) groups excluding carboxylic acids is 1. The molecule has 0 aliphatic carbocycles. The summed E-state index contributed by atoms with van der Waals surface area (Å²) in [7, 11) is 1.52. The standard InChI is InChI=1S/C18H15Cl2N5O2/c1-9-17-12(11-4-3-10(19)7-13(11)20)8-15(26)21-18(17)25(24-9)14-5-6-16(27-2)23-22-14/h3-7,12H,8H2,1-2H3,(H,21,26)/t12-/m1/s1. The summed E-state index contributed by atoms with van der Waals surface area (Å²) in [6.07, 6.45) is 0.273. The number of methoxy groups -OCH3 is 1. The van der Waals surface area contributed by atoms with Crippen LogP contribution in [0.15, 0.2) is 30.3 Å². The lowest BCUT2D eigenvalue weighted by atomic mass is 9.86. The molecule has 1 atom stereocenters. The van der Waals surface area contributed by atoms with Crippen LogP contribution in [0.25, 0.3) is 5.82 Å². The first kappa shape index (κ1) is 17.8. The third-order valence-electron chi connectivity index (χ3n) is 4.49. The summed E-state index contributed by atoms with van der Waals surface area (Å²) in [6, 6.07) is 8.71. The van der Waals surface area contributed by atoms with Crippen molar-refractivity contribution in [2.75, 3.05) is 12.4 Å². The Hall–Kier alpha value is -2.64. The van der Waals surface area contributed by atoms with Crippen molar-refractivity contribution in [1.82, 2.24) is 20.0 Å². The summed E-state index contributed by atoms with van der Waals surface area (Å²) in [4.78, 5) is 12.4. The van der Waals surface area contributed by atoms with Gasteiger partial charge in [0, 0.05) is 34.0 Å². The van der Waals surface area contributed by atoms with E-state index >= 15 is 0 Å². The van der Waals surface area contributed by atoms with Gasteiger partial charge in [-0.15, -0.1) is 10.2 Å². The quantitative estimate of drug-likeness (QED) is 0.719. The summed E-state index contributed by atoms with van der Waals surface area (Å²) in [5.41, 5.74) is 2.51. The second kappa shape index (κ2) is 6.83. The number of hydrogen-bond donors (Lipinski definition) is 1. The molecule has 27 heavy (non-hydrogen) atoms. The van der Waals surface area contributed by atoms with E-state index < -0.39 is 0 Å². The largest absolute Gasteiger partial charge is 0.480 e. The zero-order valence-corrected chi connectivity index (χ0v) is 16.0. The van der Waals surface area contributed by atoms with Crippen LogP contribution in [-0.2, 0) is 4.79 Å². The molecule has 4 rings (SSSR count). The van der Waals surface area contributed by atoms with E-state index in [2.05, 4.69) is 20.6 Å². The third-order valence-corrected chi connectivity index (χ3v) is 5.05. The summed E-state index contributed by atoms with van der Waals surface area (Å²) in [6.45, 7) is 1.89. The number of anilines is 1. The molecule has 1 aromatic carbocycles. The summed E-state index contributed by atoms with van der Waals surface area (Å²) in [5, 5.41) is 16.6. The number of benzene rings is 1. The van der Waals surface area contributed by atoms with Gasteiger partial charge in [-0.1, -0.05) is 29.3 Å². The van der Waals surface area contributed by atoms with Gasteiger partial charge in [0.2, 0.25) is 11.8 Å². The molecular weight excluding hydrogens is 389 g/mol. The first-order valence-corrected chi connectivity index (χ1v) is 8.96. The Morgan fingerprint density at radius 3 is 2.70 bits per heavy atom. The van der Waals surface area contributed by atoms with Gasteiger partial charge >= 0.3 is 0 Å². The van der Waals surface area contributed by atoms with E-state index in [4.69, 9.17) is 27.9 Å². The van der Waals surface area contributed by atoms with E-state index in [1.54, 1.807) is 28.9 Å². The molecule has 7 nitrogen and oxygen atoms in total. The summed E-state index contributed by atoms with van der Waals surface area (Å²) >= 11 is 12.4. The zero-order valence-electron chi connectivity index (χ0n) is 14.5. The first-order valence-electron chi connectivity index (χ1n) is 8.20. The molecule has 1 aliphatic rings. The molecule has 9 heteroatoms. The summed E-state index contributed by atoms with van der Waals surface area (Å²) in [5.74, 6) is 1.09. The lowest BCUT2D eigenvalue weighted by molar-refractivity contribution is -0.116. The average Bonchev–Trinajstić information content (AvgIpc) is 2.98. The predicted molar refractivity (Wildman–Crippen MR) is 102 cm³/mol. The Morgan fingerprint density at radius 1 is 1.22 bits per heavy atom. The Labute approximate surface area is 165 Å². The number of rotatable bonds is 3. The highest BCUT2D eigenvalue weighted by molar-refractivity contribution is 6.35. The van der Waals surface area contributed by atoms with Crippen LogP contribution in [0.3, 0.4) is 0 Å². The molecule has 0 fully saturated rings. The van der Waals surface area contributed by atoms with Crippen LogP contribution in [0.5, 0.6) is 5.88 Å². The fraction of sp³-hybridized carbons (Fsp3) is 0.222. The average molecular weight is 404 g/mol. The number of carbonyl (C=O) groups is 1. The molecule has 1 N–H and O–H groups in total. The van der Waals surface area contributed by atoms with Crippen molar-refractivity contribution in [3.63, 3.8) is 0 Å². The molecule has 3 heterocycles. The molecule has 0 spiro atoms. The minimum atomic E-state index is -0.224. The van der Waals surface area contributed by atoms with Crippen LogP contribution in [0.2, 0.25) is 10.0 Å². The minimum Gasteiger partial charge on any atom is -0.480 e. The van der Waals surface area contributed by atoms with Crippen molar-refractivity contribution in [1.29, 1.82) is 0 Å². The van der Waals surface area contributed by atoms with Crippen molar-refractivity contribution in [2.24, 2.45) is 0 Å². The predicted octanol–water partition coefficient (Wildman–Crippen LogP) is 3.76. The highest BCUT2D eigenvalue weighted by Crippen LogP contribution is 2.42. The molecule has 0 saturated carbocycles. The van der Waals surface area contributed by atoms with Gasteiger partial charge in [-0.05, 0) is 30.7 Å². The van der Waals surface area contributed by atoms with E-state index in [0.29, 0.717) is 27.6 Å². The van der Waals surface area contributed by atoms with Gasteiger partial charge in [0.05, 0.1) is 12.8 Å². The second-order valence-electron chi connectivity index (χ2n) is 6.16. The maximum absolute atomic E-state index is 12.4. The van der Waals surface area contributed by atoms with Crippen molar-refractivity contribution in [3.8, 4) is 11.7 Å². The Balaban J connectivity index is 1.85. The number of nitrogens with zero attached hydrogens (tertiary/aromatic N) is 4. The molecule has 0 saturated heterocycles. The number of hydrogen-bond acceptors (Lipinski definition) is 5. The summed E-state index contributed by atoms with van der Waals surface area (Å²) < 4.78 is 6.61. The topological polar surface area (TPSA) is 81.9 Å². The Morgan fingerprint density at radius 2 is 2.04 bits per heavy atom. The molecule has 3 aromatic rings. The molecule has 1 amide bonds. The van der Waals surface area contributed by atoms with Gasteiger partial charge in [0.25, 0.3) is 0 Å². The highest BCUT2D eigenvalue weighted by atomic mass is 35.5. The Kier molecular flexibility index (Phi) is 4.49. The fourth-order valence-corrected chi connectivity index (χ4v) is 3.84. The van der Waals surface area contributed by atoms with Crippen molar-refractivity contribution in [2.45, 2.75) is 19.3 Å². The van der Waals surface area contributed by atoms with E-state index in [-0.39, 0.29) is 18.2 Å². The first-order chi connectivity index (χ1) is 13.0. The fourth-order valence-electron chi connectivity index (χ4n) is 3.30. The lowest BCUT2D eigenvalue weighted by Crippen LogP contribution is -2.25. The SMILES string of the molecule is COc1ccc(-n2nc(C)c3c2NC(=O)C[C@@H]3c2ccc(Cl)cc2Cl)nn1. The van der Waals surface area contributed by atoms with Gasteiger partial charge < -0.3 is 10.1 Å². The van der Waals surface area contributed by atoms with Crippen molar-refractivity contribution >= 4 is 34.9 Å². The molecule has 138 valence electrons. The monoisotopic (exact) mass is 403 g/mol. The number of nitrogens with one attached hydrogen (secondary N) is 1. The van der Waals surface area contributed by atoms with Gasteiger partial charge in [0.15, 0.2) is 5.82 Å². The minimum absolute atomic E-state index is 0.124.